The Morgan fingerprint density at radius 1 is 1.27 bits per heavy atom. The van der Waals surface area contributed by atoms with Gasteiger partial charge >= 0.3 is 0 Å². The largest absolute Gasteiger partial charge is 0.373 e. The Morgan fingerprint density at radius 2 is 1.73 bits per heavy atom. The van der Waals surface area contributed by atoms with Gasteiger partial charge in [0.05, 0.1) is 12.2 Å². The molecule has 0 amide bonds. The molecule has 0 saturated carbocycles. The molecular formula is C8H17NOY. The molecule has 1 fully saturated rings. The van der Waals surface area contributed by atoms with Crippen LogP contribution in [0.25, 0.3) is 0 Å². The van der Waals surface area contributed by atoms with Crippen molar-refractivity contribution < 1.29 is 37.4 Å². The van der Waals surface area contributed by atoms with Crippen LogP contribution < -0.4 is 0 Å². The molecule has 0 aliphatic carbocycles. The van der Waals surface area contributed by atoms with Gasteiger partial charge < -0.3 is 4.74 Å². The minimum absolute atomic E-state index is 0. The molecular weight excluding hydrogens is 215 g/mol. The first-order valence-corrected chi connectivity index (χ1v) is 4.10. The first-order chi connectivity index (χ1) is 4.72. The van der Waals surface area contributed by atoms with E-state index in [0.29, 0.717) is 12.2 Å². The molecule has 2 nitrogen and oxygen atoms in total. The Morgan fingerprint density at radius 3 is 2.09 bits per heavy atom. The summed E-state index contributed by atoms with van der Waals surface area (Å²) in [5, 5.41) is 0. The first-order valence-electron chi connectivity index (χ1n) is 4.10. The second kappa shape index (κ2) is 5.63. The Labute approximate surface area is 94.5 Å². The van der Waals surface area contributed by atoms with Gasteiger partial charge in [-0.1, -0.05) is 6.92 Å². The Kier molecular flexibility index (Phi) is 6.16. The number of ether oxygens (including phenoxy) is 1. The Bertz CT molecular complexity index is 100. The average molecular weight is 232 g/mol. The molecule has 1 aliphatic rings. The van der Waals surface area contributed by atoms with Crippen molar-refractivity contribution in [1.82, 2.24) is 4.90 Å². The Balaban J connectivity index is 0.000001000. The third kappa shape index (κ3) is 3.98. The molecule has 2 atom stereocenters. The van der Waals surface area contributed by atoms with E-state index < -0.39 is 0 Å². The van der Waals surface area contributed by atoms with Crippen LogP contribution >= 0.6 is 0 Å². The molecule has 0 aromatic carbocycles. The first kappa shape index (κ1) is 12.0. The van der Waals surface area contributed by atoms with Gasteiger partial charge in [0.1, 0.15) is 0 Å². The predicted molar refractivity (Wildman–Crippen MR) is 42.1 cm³/mol. The van der Waals surface area contributed by atoms with Gasteiger partial charge in [-0.15, -0.1) is 0 Å². The number of nitrogens with zero attached hydrogens (tertiary/aromatic N) is 1. The molecule has 63 valence electrons. The van der Waals surface area contributed by atoms with Crippen LogP contribution in [0.3, 0.4) is 0 Å². The third-order valence-corrected chi connectivity index (χ3v) is 1.94. The van der Waals surface area contributed by atoms with Crippen molar-refractivity contribution >= 4 is 0 Å². The van der Waals surface area contributed by atoms with Gasteiger partial charge in [0.25, 0.3) is 0 Å². The van der Waals surface area contributed by atoms with Crippen LogP contribution in [0.1, 0.15) is 20.8 Å². The summed E-state index contributed by atoms with van der Waals surface area (Å²) in [7, 11) is 0. The van der Waals surface area contributed by atoms with E-state index in [-0.39, 0.29) is 32.7 Å². The normalized spacial score (nSPS) is 33.0. The van der Waals surface area contributed by atoms with Crippen LogP contribution in [0.4, 0.5) is 0 Å². The van der Waals surface area contributed by atoms with Gasteiger partial charge in [0, 0.05) is 45.8 Å². The van der Waals surface area contributed by atoms with Crippen molar-refractivity contribution in [1.29, 1.82) is 0 Å². The molecule has 0 unspecified atom stereocenters. The van der Waals surface area contributed by atoms with E-state index in [1.54, 1.807) is 0 Å². The minimum atomic E-state index is 0. The van der Waals surface area contributed by atoms with E-state index >= 15 is 0 Å². The zero-order valence-corrected chi connectivity index (χ0v) is 10.5. The third-order valence-electron chi connectivity index (χ3n) is 1.94. The number of morpholine rings is 1. The molecule has 1 aliphatic heterocycles. The van der Waals surface area contributed by atoms with E-state index in [0.717, 1.165) is 19.6 Å². The molecule has 1 saturated heterocycles. The SMILES string of the molecule is CCN1C[C@@H](C)O[C@@H](C)C1.[Y]. The van der Waals surface area contributed by atoms with Crippen molar-refractivity contribution in [2.45, 2.75) is 33.0 Å². The summed E-state index contributed by atoms with van der Waals surface area (Å²) in [6.07, 6.45) is 0.840. The molecule has 11 heavy (non-hydrogen) atoms. The summed E-state index contributed by atoms with van der Waals surface area (Å²) in [5.41, 5.74) is 0. The summed E-state index contributed by atoms with van der Waals surface area (Å²) >= 11 is 0. The predicted octanol–water partition coefficient (Wildman–Crippen LogP) is 1.11. The second-order valence-corrected chi connectivity index (χ2v) is 3.11. The molecule has 0 aromatic rings. The molecule has 3 heteroatoms. The zero-order valence-electron chi connectivity index (χ0n) is 7.71. The average Bonchev–Trinajstić information content (AvgIpc) is 1.85. The maximum atomic E-state index is 5.58. The standard InChI is InChI=1S/C8H17NO.Y/c1-4-9-5-7(2)10-8(3)6-9;/h7-8H,4-6H2,1-3H3;/t7-,8+;. The minimum Gasteiger partial charge on any atom is -0.373 e. The van der Waals surface area contributed by atoms with Gasteiger partial charge in [-0.25, -0.2) is 0 Å². The Hall–Kier alpha value is 1.02. The van der Waals surface area contributed by atoms with Gasteiger partial charge in [-0.3, -0.25) is 4.90 Å². The zero-order chi connectivity index (χ0) is 7.56. The van der Waals surface area contributed by atoms with Gasteiger partial charge in [0.15, 0.2) is 0 Å². The van der Waals surface area contributed by atoms with Crippen molar-refractivity contribution in [3.8, 4) is 0 Å². The molecule has 1 heterocycles. The topological polar surface area (TPSA) is 12.5 Å². The summed E-state index contributed by atoms with van der Waals surface area (Å²) in [5.74, 6) is 0. The van der Waals surface area contributed by atoms with Crippen molar-refractivity contribution in [2.24, 2.45) is 0 Å². The van der Waals surface area contributed by atoms with Crippen LogP contribution in [-0.2, 0) is 37.4 Å². The van der Waals surface area contributed by atoms with E-state index in [9.17, 15) is 0 Å². The summed E-state index contributed by atoms with van der Waals surface area (Å²) in [6.45, 7) is 9.82. The molecule has 0 spiro atoms. The summed E-state index contributed by atoms with van der Waals surface area (Å²) in [6, 6.07) is 0. The van der Waals surface area contributed by atoms with E-state index in [2.05, 4.69) is 25.7 Å². The molecule has 1 rings (SSSR count). The maximum absolute atomic E-state index is 5.58. The van der Waals surface area contributed by atoms with E-state index in [1.165, 1.54) is 0 Å². The number of hydrogen-bond acceptors (Lipinski definition) is 2. The number of likely N-dealkylation sites (N-methyl/N-ethyl adjacent to an activating group) is 1. The second-order valence-electron chi connectivity index (χ2n) is 3.11. The van der Waals surface area contributed by atoms with Crippen LogP contribution in [-0.4, -0.2) is 36.7 Å². The molecule has 1 radical (unpaired) electrons. The maximum Gasteiger partial charge on any atom is 0.0678 e. The summed E-state index contributed by atoms with van der Waals surface area (Å²) < 4.78 is 5.58. The van der Waals surface area contributed by atoms with Gasteiger partial charge in [-0.05, 0) is 20.4 Å². The molecule has 0 bridgehead atoms. The van der Waals surface area contributed by atoms with Crippen LogP contribution in [0, 0.1) is 0 Å². The molecule has 0 N–H and O–H groups in total. The fraction of sp³-hybridized carbons (Fsp3) is 1.00. The van der Waals surface area contributed by atoms with Crippen LogP contribution in [0.5, 0.6) is 0 Å². The van der Waals surface area contributed by atoms with Crippen LogP contribution in [0.2, 0.25) is 0 Å². The van der Waals surface area contributed by atoms with Gasteiger partial charge in [0.2, 0.25) is 0 Å². The van der Waals surface area contributed by atoms with Crippen molar-refractivity contribution in [3.05, 3.63) is 0 Å². The molecule has 0 aromatic heterocycles. The van der Waals surface area contributed by atoms with E-state index in [4.69, 9.17) is 4.74 Å². The van der Waals surface area contributed by atoms with Crippen LogP contribution in [0.15, 0.2) is 0 Å². The monoisotopic (exact) mass is 232 g/mol. The summed E-state index contributed by atoms with van der Waals surface area (Å²) in [4.78, 5) is 2.43. The van der Waals surface area contributed by atoms with Gasteiger partial charge in [-0.2, -0.15) is 0 Å². The number of rotatable bonds is 1. The van der Waals surface area contributed by atoms with Crippen molar-refractivity contribution in [3.63, 3.8) is 0 Å². The quantitative estimate of drug-likeness (QED) is 0.671. The fourth-order valence-electron chi connectivity index (χ4n) is 1.54. The fourth-order valence-corrected chi connectivity index (χ4v) is 1.54. The van der Waals surface area contributed by atoms with E-state index in [1.807, 2.05) is 0 Å². The smallest absolute Gasteiger partial charge is 0.0678 e. The number of hydrogen-bond donors (Lipinski definition) is 0. The van der Waals surface area contributed by atoms with Crippen molar-refractivity contribution in [2.75, 3.05) is 19.6 Å².